The summed E-state index contributed by atoms with van der Waals surface area (Å²) in [7, 11) is 1.98. The van der Waals surface area contributed by atoms with Crippen molar-refractivity contribution >= 4 is 17.2 Å². The molecule has 6 heteroatoms. The quantitative estimate of drug-likeness (QED) is 0.844. The van der Waals surface area contributed by atoms with Gasteiger partial charge < -0.3 is 5.32 Å². The van der Waals surface area contributed by atoms with Crippen LogP contribution in [0, 0.1) is 12.7 Å². The van der Waals surface area contributed by atoms with Crippen LogP contribution in [0.5, 0.6) is 0 Å². The zero-order valence-corrected chi connectivity index (χ0v) is 14.5. The lowest BCUT2D eigenvalue weighted by molar-refractivity contribution is -0.121. The first-order chi connectivity index (χ1) is 11.0. The van der Waals surface area contributed by atoms with Crippen LogP contribution in [0.4, 0.5) is 4.39 Å². The number of nitrogens with one attached hydrogen (secondary N) is 1. The molecule has 0 radical (unpaired) electrons. The van der Waals surface area contributed by atoms with E-state index in [1.807, 2.05) is 19.4 Å². The highest BCUT2D eigenvalue weighted by Crippen LogP contribution is 2.22. The molecule has 1 heterocycles. The molecule has 1 atom stereocenters. The molecule has 0 aliphatic heterocycles. The van der Waals surface area contributed by atoms with Gasteiger partial charge in [0.25, 0.3) is 0 Å². The molecule has 0 bridgehead atoms. The van der Waals surface area contributed by atoms with Crippen LogP contribution in [0.15, 0.2) is 29.6 Å². The SMILES string of the molecule is Cc1csc([C@@H](C)N(C)CCC(=O)NCc2ccccc2F)n1. The Balaban J connectivity index is 1.76. The van der Waals surface area contributed by atoms with Crippen LogP contribution in [-0.2, 0) is 11.3 Å². The minimum atomic E-state index is -0.294. The normalized spacial score (nSPS) is 12.4. The van der Waals surface area contributed by atoms with Crippen LogP contribution in [0.3, 0.4) is 0 Å². The van der Waals surface area contributed by atoms with E-state index in [0.717, 1.165) is 10.7 Å². The van der Waals surface area contributed by atoms with Gasteiger partial charge in [0.1, 0.15) is 10.8 Å². The minimum Gasteiger partial charge on any atom is -0.352 e. The molecule has 23 heavy (non-hydrogen) atoms. The van der Waals surface area contributed by atoms with Crippen molar-refractivity contribution < 1.29 is 9.18 Å². The molecule has 0 saturated carbocycles. The van der Waals surface area contributed by atoms with Crippen molar-refractivity contribution in [2.24, 2.45) is 0 Å². The Morgan fingerprint density at radius 3 is 2.83 bits per heavy atom. The highest BCUT2D eigenvalue weighted by molar-refractivity contribution is 7.09. The second-order valence-corrected chi connectivity index (χ2v) is 6.49. The van der Waals surface area contributed by atoms with Crippen molar-refractivity contribution in [3.8, 4) is 0 Å². The van der Waals surface area contributed by atoms with Crippen LogP contribution in [0.1, 0.15) is 35.7 Å². The molecule has 0 aliphatic carbocycles. The average molecular weight is 335 g/mol. The average Bonchev–Trinajstić information content (AvgIpc) is 2.97. The molecule has 4 nitrogen and oxygen atoms in total. The Hall–Kier alpha value is -1.79. The molecule has 2 aromatic rings. The number of carbonyl (C=O) groups is 1. The van der Waals surface area contributed by atoms with Crippen molar-refractivity contribution in [3.63, 3.8) is 0 Å². The van der Waals surface area contributed by atoms with Crippen LogP contribution < -0.4 is 5.32 Å². The topological polar surface area (TPSA) is 45.2 Å². The first-order valence-electron chi connectivity index (χ1n) is 7.59. The Labute approximate surface area is 140 Å². The summed E-state index contributed by atoms with van der Waals surface area (Å²) in [6.07, 6.45) is 0.375. The molecule has 1 N–H and O–H groups in total. The first kappa shape index (κ1) is 17.6. The fourth-order valence-corrected chi connectivity index (χ4v) is 3.07. The molecule has 0 saturated heterocycles. The Morgan fingerprint density at radius 1 is 1.43 bits per heavy atom. The third-order valence-electron chi connectivity index (χ3n) is 3.78. The first-order valence-corrected chi connectivity index (χ1v) is 8.47. The number of hydrogen-bond acceptors (Lipinski definition) is 4. The summed E-state index contributed by atoms with van der Waals surface area (Å²) in [5, 5.41) is 5.84. The van der Waals surface area contributed by atoms with Gasteiger partial charge in [0.05, 0.1) is 6.04 Å². The van der Waals surface area contributed by atoms with Crippen LogP contribution in [0.25, 0.3) is 0 Å². The van der Waals surface area contributed by atoms with E-state index in [-0.39, 0.29) is 24.3 Å². The Bertz CT molecular complexity index is 659. The summed E-state index contributed by atoms with van der Waals surface area (Å²) in [6, 6.07) is 6.64. The number of benzene rings is 1. The van der Waals surface area contributed by atoms with Crippen molar-refractivity contribution in [2.45, 2.75) is 32.9 Å². The van der Waals surface area contributed by atoms with E-state index < -0.39 is 0 Å². The van der Waals surface area contributed by atoms with Gasteiger partial charge in [-0.15, -0.1) is 11.3 Å². The van der Waals surface area contributed by atoms with Gasteiger partial charge in [-0.05, 0) is 27.0 Å². The monoisotopic (exact) mass is 335 g/mol. The van der Waals surface area contributed by atoms with Gasteiger partial charge in [0, 0.05) is 36.1 Å². The third-order valence-corrected chi connectivity index (χ3v) is 4.91. The molecule has 0 unspecified atom stereocenters. The van der Waals surface area contributed by atoms with Crippen molar-refractivity contribution in [3.05, 3.63) is 51.7 Å². The molecule has 0 fully saturated rings. The van der Waals surface area contributed by atoms with Crippen molar-refractivity contribution in [1.29, 1.82) is 0 Å². The van der Waals surface area contributed by atoms with E-state index in [2.05, 4.69) is 22.1 Å². The zero-order valence-electron chi connectivity index (χ0n) is 13.7. The maximum absolute atomic E-state index is 13.5. The maximum atomic E-state index is 13.5. The van der Waals surface area contributed by atoms with Gasteiger partial charge >= 0.3 is 0 Å². The zero-order chi connectivity index (χ0) is 16.8. The summed E-state index contributed by atoms with van der Waals surface area (Å²) >= 11 is 1.63. The summed E-state index contributed by atoms with van der Waals surface area (Å²) in [6.45, 7) is 4.90. The lowest BCUT2D eigenvalue weighted by atomic mass is 10.2. The van der Waals surface area contributed by atoms with Gasteiger partial charge in [-0.3, -0.25) is 9.69 Å². The molecule has 124 valence electrons. The van der Waals surface area contributed by atoms with Gasteiger partial charge in [0.2, 0.25) is 5.91 Å². The molecule has 2 rings (SSSR count). The van der Waals surface area contributed by atoms with Crippen LogP contribution in [-0.4, -0.2) is 29.4 Å². The van der Waals surface area contributed by atoms with E-state index >= 15 is 0 Å². The van der Waals surface area contributed by atoms with E-state index in [9.17, 15) is 9.18 Å². The number of rotatable bonds is 7. The fourth-order valence-electron chi connectivity index (χ4n) is 2.15. The minimum absolute atomic E-state index is 0.0809. The molecular weight excluding hydrogens is 313 g/mol. The van der Waals surface area contributed by atoms with Crippen LogP contribution >= 0.6 is 11.3 Å². The predicted molar refractivity (Wildman–Crippen MR) is 90.8 cm³/mol. The summed E-state index contributed by atoms with van der Waals surface area (Å²) in [4.78, 5) is 18.5. The highest BCUT2D eigenvalue weighted by Gasteiger charge is 2.15. The van der Waals surface area contributed by atoms with E-state index in [4.69, 9.17) is 0 Å². The summed E-state index contributed by atoms with van der Waals surface area (Å²) < 4.78 is 13.5. The molecule has 1 aromatic heterocycles. The Kier molecular flexibility index (Phi) is 6.24. The second-order valence-electron chi connectivity index (χ2n) is 5.60. The highest BCUT2D eigenvalue weighted by atomic mass is 32.1. The predicted octanol–water partition coefficient (Wildman–Crippen LogP) is 3.29. The van der Waals surface area contributed by atoms with E-state index in [1.165, 1.54) is 6.07 Å². The molecule has 1 amide bonds. The Morgan fingerprint density at radius 2 is 2.17 bits per heavy atom. The fraction of sp³-hybridized carbons (Fsp3) is 0.412. The lowest BCUT2D eigenvalue weighted by Crippen LogP contribution is -2.30. The number of amides is 1. The third kappa shape index (κ3) is 5.11. The molecule has 1 aromatic carbocycles. The summed E-state index contributed by atoms with van der Waals surface area (Å²) in [5.74, 6) is -0.375. The number of carbonyl (C=O) groups excluding carboxylic acids is 1. The van der Waals surface area contributed by atoms with Crippen LogP contribution in [0.2, 0.25) is 0 Å². The molecular formula is C17H22FN3OS. The van der Waals surface area contributed by atoms with Gasteiger partial charge in [-0.25, -0.2) is 9.37 Å². The van der Waals surface area contributed by atoms with Crippen molar-refractivity contribution in [2.75, 3.05) is 13.6 Å². The van der Waals surface area contributed by atoms with E-state index in [0.29, 0.717) is 18.5 Å². The number of thiazole rings is 1. The lowest BCUT2D eigenvalue weighted by Gasteiger charge is -2.22. The maximum Gasteiger partial charge on any atom is 0.221 e. The second kappa shape index (κ2) is 8.17. The molecule has 0 aliphatic rings. The number of aromatic nitrogens is 1. The standard InChI is InChI=1S/C17H22FN3OS/c1-12-11-23-17(20-12)13(2)21(3)9-8-16(22)19-10-14-6-4-5-7-15(14)18/h4-7,11,13H,8-10H2,1-3H3,(H,19,22)/t13-/m1/s1. The number of aryl methyl sites for hydroxylation is 1. The smallest absolute Gasteiger partial charge is 0.221 e. The summed E-state index contributed by atoms with van der Waals surface area (Å²) in [5.41, 5.74) is 1.52. The van der Waals surface area contributed by atoms with E-state index in [1.54, 1.807) is 29.5 Å². The number of hydrogen-bond donors (Lipinski definition) is 1. The van der Waals surface area contributed by atoms with Gasteiger partial charge in [-0.2, -0.15) is 0 Å². The van der Waals surface area contributed by atoms with Gasteiger partial charge in [-0.1, -0.05) is 18.2 Å². The van der Waals surface area contributed by atoms with Gasteiger partial charge in [0.15, 0.2) is 0 Å². The number of nitrogens with zero attached hydrogens (tertiary/aromatic N) is 2. The van der Waals surface area contributed by atoms with Crippen molar-refractivity contribution in [1.82, 2.24) is 15.2 Å². The largest absolute Gasteiger partial charge is 0.352 e. The number of halogens is 1. The molecule has 0 spiro atoms.